The van der Waals surface area contributed by atoms with E-state index in [0.29, 0.717) is 32.3 Å². The third-order valence-corrected chi connectivity index (χ3v) is 9.35. The first-order valence-corrected chi connectivity index (χ1v) is 14.9. The monoisotopic (exact) mass is 546 g/mol. The number of fused-ring (bicyclic) bond motifs is 1. The summed E-state index contributed by atoms with van der Waals surface area (Å²) in [4.78, 5) is 19.4. The van der Waals surface area contributed by atoms with Gasteiger partial charge in [-0.2, -0.15) is 0 Å². The summed E-state index contributed by atoms with van der Waals surface area (Å²) in [5.41, 5.74) is 1.50. The molecule has 1 unspecified atom stereocenters. The average molecular weight is 547 g/mol. The highest BCUT2D eigenvalue weighted by molar-refractivity contribution is 7.44. The average Bonchev–Trinajstić information content (AvgIpc) is 3.37. The lowest BCUT2D eigenvalue weighted by molar-refractivity contribution is -0.195. The zero-order valence-electron chi connectivity index (χ0n) is 24.5. The molecule has 4 rings (SSSR count). The fraction of sp³-hybridized carbons (Fsp3) is 0.778. The van der Waals surface area contributed by atoms with E-state index in [1.54, 1.807) is 12.7 Å². The van der Waals surface area contributed by atoms with E-state index in [-0.39, 0.29) is 31.8 Å². The highest BCUT2D eigenvalue weighted by Gasteiger charge is 2.42. The first-order valence-electron chi connectivity index (χ1n) is 14.5. The first-order chi connectivity index (χ1) is 18.8. The summed E-state index contributed by atoms with van der Waals surface area (Å²) in [7, 11) is -1.43. The molecule has 1 aliphatic carbocycles. The number of rotatable bonds is 11. The molecule has 0 aromatic carbocycles. The zero-order valence-corrected chi connectivity index (χ0v) is 24.4. The fourth-order valence-corrected chi connectivity index (χ4v) is 7.29. The Labute approximate surface area is 230 Å². The molecule has 0 spiro atoms. The Kier molecular flexibility index (Phi) is 9.58. The zero-order chi connectivity index (χ0) is 28.0. The van der Waals surface area contributed by atoms with Crippen LogP contribution in [0.1, 0.15) is 80.0 Å². The van der Waals surface area contributed by atoms with Crippen molar-refractivity contribution in [2.24, 2.45) is 0 Å². The second-order valence-electron chi connectivity index (χ2n) is 11.1. The molecular weight excluding hydrogens is 501 g/mol. The topological polar surface area (TPSA) is 82.1 Å². The van der Waals surface area contributed by atoms with Crippen LogP contribution in [0.5, 0.6) is 0 Å². The van der Waals surface area contributed by atoms with Gasteiger partial charge in [-0.1, -0.05) is 19.3 Å². The van der Waals surface area contributed by atoms with Gasteiger partial charge in [-0.15, -0.1) is 0 Å². The number of aromatic nitrogens is 4. The van der Waals surface area contributed by atoms with Gasteiger partial charge in [0.05, 0.1) is 18.6 Å². The molecule has 3 atom stereocenters. The molecular formula is C27H44N7O3P. The lowest BCUT2D eigenvalue weighted by atomic mass is 9.92. The van der Waals surface area contributed by atoms with E-state index in [1.807, 2.05) is 11.5 Å². The van der Waals surface area contributed by atoms with Crippen LogP contribution in [0.2, 0.25) is 0 Å². The molecule has 10 nitrogen and oxygen atoms in total. The maximum atomic E-state index is 8.68. The van der Waals surface area contributed by atoms with Crippen LogP contribution in [0, 0.1) is 13.5 Å². The summed E-state index contributed by atoms with van der Waals surface area (Å²) >= 11 is 0. The van der Waals surface area contributed by atoms with E-state index in [0.717, 1.165) is 29.7 Å². The van der Waals surface area contributed by atoms with Gasteiger partial charge in [0.1, 0.15) is 30.3 Å². The Balaban J connectivity index is 1.62. The van der Waals surface area contributed by atoms with Crippen molar-refractivity contribution in [1.29, 1.82) is 0 Å². The number of hydrogen-bond acceptors (Lipinski definition) is 8. The number of ether oxygens (including phenoxy) is 1. The number of imidazole rings is 1. The van der Waals surface area contributed by atoms with Gasteiger partial charge in [0.2, 0.25) is 6.54 Å². The summed E-state index contributed by atoms with van der Waals surface area (Å²) in [6.45, 7) is 19.8. The third-order valence-electron chi connectivity index (χ3n) is 7.30. The van der Waals surface area contributed by atoms with E-state index in [9.17, 15) is 0 Å². The number of hydrogen-bond donors (Lipinski definition) is 0. The van der Waals surface area contributed by atoms with Crippen molar-refractivity contribution in [3.05, 3.63) is 29.8 Å². The van der Waals surface area contributed by atoms with Crippen molar-refractivity contribution in [2.45, 2.75) is 104 Å². The van der Waals surface area contributed by atoms with Crippen LogP contribution in [-0.2, 0) is 13.8 Å². The Morgan fingerprint density at radius 2 is 1.97 bits per heavy atom. The van der Waals surface area contributed by atoms with Gasteiger partial charge in [-0.25, -0.2) is 26.2 Å². The van der Waals surface area contributed by atoms with Gasteiger partial charge in [0.15, 0.2) is 5.65 Å². The van der Waals surface area contributed by atoms with Crippen molar-refractivity contribution in [3.8, 4) is 0 Å². The molecule has 0 bridgehead atoms. The van der Waals surface area contributed by atoms with Crippen molar-refractivity contribution in [3.63, 3.8) is 0 Å². The molecule has 2 aliphatic rings. The number of aryl methyl sites for hydroxylation is 1. The second-order valence-corrected chi connectivity index (χ2v) is 12.5. The number of morpholine rings is 1. The van der Waals surface area contributed by atoms with E-state index in [2.05, 4.69) is 57.1 Å². The molecule has 38 heavy (non-hydrogen) atoms. The standard InChI is InChI=1S/C27H44N7O3P/c1-20(2)34(21(3)4)38(35-14-13-28-7)36-17-27(6)16-32(23-11-9-8-10-12-23)15-24(37-27)33-19-31-25-22(5)29-18-30-26(25)33/h18-21,23-24H,8-17H2,1-6H3/t24-,27+,38?/m1/s1/i6D. The minimum Gasteiger partial charge on any atom is -0.347 e. The highest BCUT2D eigenvalue weighted by Crippen LogP contribution is 2.47. The van der Waals surface area contributed by atoms with Crippen LogP contribution in [-0.4, -0.2) is 85.7 Å². The van der Waals surface area contributed by atoms with Crippen LogP contribution < -0.4 is 0 Å². The molecule has 1 aliphatic heterocycles. The van der Waals surface area contributed by atoms with Crippen molar-refractivity contribution in [1.82, 2.24) is 29.1 Å². The maximum absolute atomic E-state index is 8.68. The van der Waals surface area contributed by atoms with Gasteiger partial charge in [0.25, 0.3) is 8.53 Å². The van der Waals surface area contributed by atoms with E-state index in [4.69, 9.17) is 21.7 Å². The Morgan fingerprint density at radius 1 is 1.21 bits per heavy atom. The molecule has 11 heteroatoms. The van der Waals surface area contributed by atoms with E-state index >= 15 is 0 Å². The van der Waals surface area contributed by atoms with Crippen LogP contribution in [0.15, 0.2) is 12.7 Å². The van der Waals surface area contributed by atoms with Crippen molar-refractivity contribution < 1.29 is 15.2 Å². The minimum absolute atomic E-state index is 0.0575. The fourth-order valence-electron chi connectivity index (χ4n) is 5.61. The Hall–Kier alpha value is -1.73. The predicted octanol–water partition coefficient (Wildman–Crippen LogP) is 5.36. The van der Waals surface area contributed by atoms with Gasteiger partial charge >= 0.3 is 0 Å². The SMILES string of the molecule is [2H]C[C@@]1(COP(OCC[N+]#[C-])N(C(C)C)C(C)C)CN(C2CCCCC2)C[C@H](n2cnc3c(C)ncnc32)O1. The van der Waals surface area contributed by atoms with Gasteiger partial charge in [-0.05, 0) is 54.4 Å². The van der Waals surface area contributed by atoms with Crippen LogP contribution in [0.25, 0.3) is 16.0 Å². The smallest absolute Gasteiger partial charge is 0.259 e. The normalized spacial score (nSPS) is 24.8. The Morgan fingerprint density at radius 3 is 2.66 bits per heavy atom. The summed E-state index contributed by atoms with van der Waals surface area (Å²) in [6, 6.07) is 0.867. The summed E-state index contributed by atoms with van der Waals surface area (Å²) < 4.78 is 32.4. The maximum Gasteiger partial charge on any atom is 0.259 e. The summed E-state index contributed by atoms with van der Waals surface area (Å²) in [5.74, 6) is 0. The first kappa shape index (κ1) is 27.8. The highest BCUT2D eigenvalue weighted by atomic mass is 31.2. The molecule has 0 N–H and O–H groups in total. The van der Waals surface area contributed by atoms with Crippen LogP contribution in [0.4, 0.5) is 0 Å². The molecule has 3 heterocycles. The van der Waals surface area contributed by atoms with Gasteiger partial charge < -0.3 is 18.6 Å². The third kappa shape index (κ3) is 6.88. The van der Waals surface area contributed by atoms with Crippen LogP contribution in [0.3, 0.4) is 0 Å². The van der Waals surface area contributed by atoms with Crippen LogP contribution >= 0.6 is 8.53 Å². The molecule has 2 fully saturated rings. The Bertz CT molecular complexity index is 1100. The lowest BCUT2D eigenvalue weighted by Gasteiger charge is -2.48. The molecule has 0 radical (unpaired) electrons. The predicted molar refractivity (Wildman–Crippen MR) is 149 cm³/mol. The molecule has 0 amide bonds. The molecule has 1 saturated carbocycles. The molecule has 210 valence electrons. The van der Waals surface area contributed by atoms with Gasteiger partial charge in [-0.3, -0.25) is 9.47 Å². The lowest BCUT2D eigenvalue weighted by Crippen LogP contribution is -2.57. The largest absolute Gasteiger partial charge is 0.347 e. The quantitative estimate of drug-likeness (QED) is 0.212. The van der Waals surface area contributed by atoms with Gasteiger partial charge in [0, 0.05) is 32.6 Å². The minimum atomic E-state index is -1.43. The summed E-state index contributed by atoms with van der Waals surface area (Å²) in [5, 5.41) is 0. The van der Waals surface area contributed by atoms with Crippen molar-refractivity contribution in [2.75, 3.05) is 32.8 Å². The molecule has 2 aromatic heterocycles. The van der Waals surface area contributed by atoms with E-state index < -0.39 is 14.1 Å². The summed E-state index contributed by atoms with van der Waals surface area (Å²) in [6.07, 6.45) is 9.07. The van der Waals surface area contributed by atoms with E-state index in [1.165, 1.54) is 19.3 Å². The van der Waals surface area contributed by atoms with Crippen molar-refractivity contribution >= 4 is 19.7 Å². The molecule has 1 saturated heterocycles. The second kappa shape index (κ2) is 13.1. The molecule has 2 aromatic rings. The number of nitrogens with zero attached hydrogens (tertiary/aromatic N) is 7.